The number of aromatic nitrogens is 1. The Kier molecular flexibility index (Phi) is 9.42. The van der Waals surface area contributed by atoms with E-state index in [0.29, 0.717) is 23.6 Å². The molecule has 0 unspecified atom stereocenters. The summed E-state index contributed by atoms with van der Waals surface area (Å²) < 4.78 is 11.8. The van der Waals surface area contributed by atoms with Gasteiger partial charge in [0.1, 0.15) is 11.9 Å². The van der Waals surface area contributed by atoms with Crippen LogP contribution < -0.4 is 0 Å². The van der Waals surface area contributed by atoms with Crippen LogP contribution in [0.3, 0.4) is 0 Å². The molecule has 1 aromatic heterocycles. The van der Waals surface area contributed by atoms with Crippen LogP contribution in [0.15, 0.2) is 10.4 Å². The molecule has 0 aliphatic carbocycles. The summed E-state index contributed by atoms with van der Waals surface area (Å²) in [4.78, 5) is 30.8. The van der Waals surface area contributed by atoms with Crippen molar-refractivity contribution in [3.8, 4) is 0 Å². The van der Waals surface area contributed by atoms with Crippen molar-refractivity contribution in [2.45, 2.75) is 110 Å². The molecule has 0 spiro atoms. The van der Waals surface area contributed by atoms with Crippen LogP contribution in [0.4, 0.5) is 0 Å². The van der Waals surface area contributed by atoms with Gasteiger partial charge in [-0.05, 0) is 45.1 Å². The number of aryl methyl sites for hydroxylation is 1. The minimum absolute atomic E-state index is 0.0859. The van der Waals surface area contributed by atoms with E-state index in [4.69, 9.17) is 21.1 Å². The van der Waals surface area contributed by atoms with E-state index in [1.54, 1.807) is 19.9 Å². The van der Waals surface area contributed by atoms with Crippen molar-refractivity contribution >= 4 is 40.8 Å². The van der Waals surface area contributed by atoms with E-state index in [-0.39, 0.29) is 29.8 Å². The second kappa shape index (κ2) is 11.6. The third-order valence-electron chi connectivity index (χ3n) is 7.90. The molecule has 202 valence electrons. The predicted octanol–water partition coefficient (Wildman–Crippen LogP) is 5.04. The van der Waals surface area contributed by atoms with Crippen molar-refractivity contribution in [3.05, 3.63) is 21.1 Å². The smallest absolute Gasteiger partial charge is 0.309 e. The van der Waals surface area contributed by atoms with E-state index in [1.807, 2.05) is 33.1 Å². The Labute approximate surface area is 223 Å². The zero-order valence-electron chi connectivity index (χ0n) is 22.1. The highest BCUT2D eigenvalue weighted by molar-refractivity contribution is 7.09. The molecule has 0 bridgehead atoms. The fourth-order valence-electron chi connectivity index (χ4n) is 5.09. The molecule has 9 heteroatoms. The number of halogens is 1. The molecule has 2 fully saturated rings. The molecule has 2 aliphatic rings. The molecule has 0 aromatic carbocycles. The maximum Gasteiger partial charge on any atom is 0.309 e. The number of aliphatic hydroxyl groups excluding tert-OH is 2. The first-order valence-corrected chi connectivity index (χ1v) is 14.1. The molecule has 2 saturated heterocycles. The number of Topliss-reactive ketones (excluding diaryl/α,β-unsaturated/α-hetero) is 1. The summed E-state index contributed by atoms with van der Waals surface area (Å²) in [6.45, 7) is 11.0. The summed E-state index contributed by atoms with van der Waals surface area (Å²) in [5, 5.41) is 25.0. The summed E-state index contributed by atoms with van der Waals surface area (Å²) in [6, 6.07) is 0. The number of ketones is 1. The van der Waals surface area contributed by atoms with Crippen molar-refractivity contribution in [1.82, 2.24) is 4.98 Å². The van der Waals surface area contributed by atoms with E-state index >= 15 is 0 Å². The van der Waals surface area contributed by atoms with Gasteiger partial charge in [0.05, 0.1) is 51.5 Å². The number of esters is 1. The van der Waals surface area contributed by atoms with Crippen LogP contribution in [0, 0.1) is 24.2 Å². The first-order chi connectivity index (χ1) is 16.8. The minimum Gasteiger partial charge on any atom is -0.456 e. The molecule has 0 amide bonds. The van der Waals surface area contributed by atoms with Crippen LogP contribution in [-0.2, 0) is 19.1 Å². The highest BCUT2D eigenvalue weighted by Gasteiger charge is 2.53. The van der Waals surface area contributed by atoms with Crippen LogP contribution in [0.2, 0.25) is 0 Å². The Bertz CT molecular complexity index is 977. The lowest BCUT2D eigenvalue weighted by Crippen LogP contribution is -2.46. The lowest BCUT2D eigenvalue weighted by atomic mass is 9.71. The molecule has 3 heterocycles. The van der Waals surface area contributed by atoms with Crippen LogP contribution in [-0.4, -0.2) is 57.0 Å². The number of thiazole rings is 1. The quantitative estimate of drug-likeness (QED) is 0.407. The summed E-state index contributed by atoms with van der Waals surface area (Å²) in [6.07, 6.45) is 1.56. The number of carbonyl (C=O) groups excluding carboxylic acids is 2. The number of ether oxygens (including phenoxy) is 2. The predicted molar refractivity (Wildman–Crippen MR) is 141 cm³/mol. The highest BCUT2D eigenvalue weighted by atomic mass is 35.5. The Morgan fingerprint density at radius 1 is 1.31 bits per heavy atom. The molecular formula is C27H40ClNO6S. The van der Waals surface area contributed by atoms with E-state index in [2.05, 4.69) is 4.98 Å². The van der Waals surface area contributed by atoms with Crippen molar-refractivity contribution in [2.24, 2.45) is 17.3 Å². The van der Waals surface area contributed by atoms with Crippen LogP contribution >= 0.6 is 22.9 Å². The average Bonchev–Trinajstić information content (AvgIpc) is 3.24. The fraction of sp³-hybridized carbons (Fsp3) is 0.741. The van der Waals surface area contributed by atoms with Crippen LogP contribution in [0.5, 0.6) is 0 Å². The molecule has 1 aromatic rings. The number of rotatable bonds is 3. The van der Waals surface area contributed by atoms with Crippen molar-refractivity contribution < 1.29 is 29.3 Å². The highest BCUT2D eigenvalue weighted by Crippen LogP contribution is 2.45. The van der Waals surface area contributed by atoms with Gasteiger partial charge in [0.15, 0.2) is 0 Å². The third-order valence-corrected chi connectivity index (χ3v) is 9.04. The van der Waals surface area contributed by atoms with E-state index in [9.17, 15) is 19.8 Å². The van der Waals surface area contributed by atoms with Gasteiger partial charge in [-0.3, -0.25) is 9.59 Å². The number of hydrogen-bond acceptors (Lipinski definition) is 8. The van der Waals surface area contributed by atoms with Crippen molar-refractivity contribution in [3.63, 3.8) is 0 Å². The molecular weight excluding hydrogens is 502 g/mol. The zero-order valence-corrected chi connectivity index (χ0v) is 23.7. The summed E-state index contributed by atoms with van der Waals surface area (Å²) in [7, 11) is 0. The summed E-state index contributed by atoms with van der Waals surface area (Å²) >= 11 is 8.14. The molecule has 2 N–H and O–H groups in total. The largest absolute Gasteiger partial charge is 0.456 e. The normalized spacial score (nSPS) is 36.8. The molecule has 3 rings (SSSR count). The number of cyclic esters (lactones) is 1. The number of hydrogen-bond donors (Lipinski definition) is 2. The van der Waals surface area contributed by atoms with Crippen LogP contribution in [0.25, 0.3) is 6.08 Å². The number of carbonyl (C=O) groups is 2. The second-order valence-electron chi connectivity index (χ2n) is 11.1. The Hall–Kier alpha value is -1.32. The van der Waals surface area contributed by atoms with Gasteiger partial charge < -0.3 is 19.7 Å². The third kappa shape index (κ3) is 6.76. The average molecular weight is 542 g/mol. The zero-order chi connectivity index (χ0) is 26.8. The molecule has 2 aliphatic heterocycles. The SMILES string of the molecule is CC[C@H]1C(=O)C(C)(C)[C@@H](O)CC(=O)O[C@H](/C(Cl)=C/c2csc(C)n2)C[C@@H]2O[C@]2(C)CCC[C@@H](C)[C@@H]1O. The molecule has 0 radical (unpaired) electrons. The Morgan fingerprint density at radius 2 is 2.00 bits per heavy atom. The van der Waals surface area contributed by atoms with Gasteiger partial charge in [0.25, 0.3) is 0 Å². The molecule has 7 nitrogen and oxygen atoms in total. The first kappa shape index (κ1) is 29.2. The summed E-state index contributed by atoms with van der Waals surface area (Å²) in [5.41, 5.74) is -0.902. The standard InChI is InChI=1S/C27H40ClNO6S/c1-7-18-24(32)15(2)9-8-10-27(6)22(35-27)12-20(19(28)11-17-14-36-16(3)29-17)34-23(31)13-21(30)26(4,5)25(18)33/h11,14-15,18,20-22,24,30,32H,7-10,12-13H2,1-6H3/b19-11-/t15-,18-,20+,21+,22+,24+,27-/m1/s1. The minimum atomic E-state index is -1.27. The van der Waals surface area contributed by atoms with Gasteiger partial charge in [0, 0.05) is 17.7 Å². The number of epoxide rings is 1. The maximum absolute atomic E-state index is 13.4. The topological polar surface area (TPSA) is 109 Å². The van der Waals surface area contributed by atoms with Crippen molar-refractivity contribution in [1.29, 1.82) is 0 Å². The van der Waals surface area contributed by atoms with Gasteiger partial charge in [-0.25, -0.2) is 4.98 Å². The van der Waals surface area contributed by atoms with E-state index in [0.717, 1.165) is 24.3 Å². The van der Waals surface area contributed by atoms with Gasteiger partial charge >= 0.3 is 5.97 Å². The first-order valence-electron chi connectivity index (χ1n) is 12.9. The number of aliphatic hydroxyl groups is 2. The van der Waals surface area contributed by atoms with E-state index < -0.39 is 35.6 Å². The van der Waals surface area contributed by atoms with Gasteiger partial charge in [-0.2, -0.15) is 0 Å². The van der Waals surface area contributed by atoms with Crippen LogP contribution in [0.1, 0.15) is 83.8 Å². The van der Waals surface area contributed by atoms with E-state index in [1.165, 1.54) is 11.3 Å². The summed E-state index contributed by atoms with van der Waals surface area (Å²) in [5.74, 6) is -1.61. The number of fused-ring (bicyclic) bond motifs is 1. The van der Waals surface area contributed by atoms with Gasteiger partial charge in [-0.1, -0.05) is 45.7 Å². The molecule has 7 atom stereocenters. The molecule has 36 heavy (non-hydrogen) atoms. The lowest BCUT2D eigenvalue weighted by Gasteiger charge is -2.35. The van der Waals surface area contributed by atoms with Gasteiger partial charge in [0.2, 0.25) is 0 Å². The Balaban J connectivity index is 1.87. The Morgan fingerprint density at radius 3 is 2.61 bits per heavy atom. The monoisotopic (exact) mass is 541 g/mol. The maximum atomic E-state index is 13.4. The number of nitrogens with zero attached hydrogens (tertiary/aromatic N) is 1. The van der Waals surface area contributed by atoms with Crippen molar-refractivity contribution in [2.75, 3.05) is 0 Å². The van der Waals surface area contributed by atoms with Gasteiger partial charge in [-0.15, -0.1) is 11.3 Å². The fourth-order valence-corrected chi connectivity index (χ4v) is 5.90. The molecule has 0 saturated carbocycles. The lowest BCUT2D eigenvalue weighted by molar-refractivity contribution is -0.154. The second-order valence-corrected chi connectivity index (χ2v) is 12.6.